The Kier molecular flexibility index (Phi) is 3.19. The molecule has 0 spiro atoms. The summed E-state index contributed by atoms with van der Waals surface area (Å²) in [7, 11) is 0. The second-order valence-electron chi connectivity index (χ2n) is 4.88. The van der Waals surface area contributed by atoms with E-state index in [1.807, 2.05) is 38.1 Å². The van der Waals surface area contributed by atoms with Crippen molar-refractivity contribution in [3.63, 3.8) is 0 Å². The monoisotopic (exact) mass is 243 g/mol. The molecule has 4 nitrogen and oxygen atoms in total. The number of carboxylic acid groups (broad SMARTS) is 1. The van der Waals surface area contributed by atoms with Gasteiger partial charge in [-0.05, 0) is 6.07 Å². The highest BCUT2D eigenvalue weighted by atomic mass is 16.4. The molecule has 0 aliphatic rings. The zero-order chi connectivity index (χ0) is 13.2. The Morgan fingerprint density at radius 3 is 2.72 bits per heavy atom. The molecule has 93 valence electrons. The number of aromatic amines is 1. The first-order chi connectivity index (χ1) is 8.49. The van der Waals surface area contributed by atoms with E-state index in [2.05, 4.69) is 16.0 Å². The fourth-order valence-corrected chi connectivity index (χ4v) is 1.83. The predicted molar refractivity (Wildman–Crippen MR) is 68.1 cm³/mol. The third-order valence-corrected chi connectivity index (χ3v) is 2.86. The van der Waals surface area contributed by atoms with Gasteiger partial charge in [0.2, 0.25) is 0 Å². The van der Waals surface area contributed by atoms with Gasteiger partial charge >= 0.3 is 5.97 Å². The molecule has 2 rings (SSSR count). The molecule has 4 heteroatoms. The first-order valence-corrected chi connectivity index (χ1v) is 5.73. The number of hydrogen-bond acceptors (Lipinski definition) is 2. The van der Waals surface area contributed by atoms with Crippen LogP contribution in [-0.2, 0) is 10.2 Å². The smallest absolute Gasteiger partial charge is 0.304 e. The molecule has 0 fully saturated rings. The molecule has 2 aromatic rings. The second-order valence-corrected chi connectivity index (χ2v) is 4.88. The highest BCUT2D eigenvalue weighted by molar-refractivity contribution is 5.68. The van der Waals surface area contributed by atoms with Crippen LogP contribution in [0.3, 0.4) is 0 Å². The average Bonchev–Trinajstić information content (AvgIpc) is 2.78. The molecular weight excluding hydrogens is 228 g/mol. The van der Waals surface area contributed by atoms with Gasteiger partial charge in [0.15, 0.2) is 0 Å². The van der Waals surface area contributed by atoms with E-state index in [0.717, 1.165) is 17.1 Å². The van der Waals surface area contributed by atoms with Gasteiger partial charge in [-0.1, -0.05) is 38.1 Å². The van der Waals surface area contributed by atoms with Gasteiger partial charge in [-0.25, -0.2) is 4.98 Å². The molecule has 0 unspecified atom stereocenters. The van der Waals surface area contributed by atoms with E-state index in [1.54, 1.807) is 6.20 Å². The molecule has 1 radical (unpaired) electrons. The Balaban J connectivity index is 2.28. The fraction of sp³-hybridized carbons (Fsp3) is 0.286. The maximum absolute atomic E-state index is 10.8. The van der Waals surface area contributed by atoms with E-state index in [-0.39, 0.29) is 6.42 Å². The number of nitrogens with one attached hydrogen (secondary N) is 1. The molecule has 0 bridgehead atoms. The van der Waals surface area contributed by atoms with Crippen LogP contribution in [0, 0.1) is 6.07 Å². The molecule has 0 aliphatic heterocycles. The van der Waals surface area contributed by atoms with Crippen molar-refractivity contribution in [2.75, 3.05) is 0 Å². The van der Waals surface area contributed by atoms with Crippen molar-refractivity contribution in [1.29, 1.82) is 0 Å². The normalized spacial score (nSPS) is 11.4. The summed E-state index contributed by atoms with van der Waals surface area (Å²) in [6.07, 6.45) is 1.83. The van der Waals surface area contributed by atoms with E-state index in [0.29, 0.717) is 0 Å². The maximum atomic E-state index is 10.8. The number of aliphatic carboxylic acids is 1. The van der Waals surface area contributed by atoms with Gasteiger partial charge in [0, 0.05) is 17.2 Å². The summed E-state index contributed by atoms with van der Waals surface area (Å²) in [5.41, 5.74) is 1.24. The lowest BCUT2D eigenvalue weighted by Gasteiger charge is -2.19. The number of carbonyl (C=O) groups is 1. The Morgan fingerprint density at radius 1 is 1.44 bits per heavy atom. The molecule has 0 saturated heterocycles. The summed E-state index contributed by atoms with van der Waals surface area (Å²) in [5.74, 6) is -0.0728. The molecular formula is C14H15N2O2. The van der Waals surface area contributed by atoms with Crippen LogP contribution in [0.25, 0.3) is 11.4 Å². The van der Waals surface area contributed by atoms with Crippen LogP contribution >= 0.6 is 0 Å². The van der Waals surface area contributed by atoms with Gasteiger partial charge in [-0.15, -0.1) is 0 Å². The summed E-state index contributed by atoms with van der Waals surface area (Å²) in [4.78, 5) is 18.4. The van der Waals surface area contributed by atoms with Crippen molar-refractivity contribution in [1.82, 2.24) is 9.97 Å². The third kappa shape index (κ3) is 2.59. The van der Waals surface area contributed by atoms with Gasteiger partial charge in [0.1, 0.15) is 5.82 Å². The summed E-state index contributed by atoms with van der Waals surface area (Å²) in [6.45, 7) is 3.75. The fourth-order valence-electron chi connectivity index (χ4n) is 1.83. The second kappa shape index (κ2) is 4.64. The minimum atomic E-state index is -0.820. The number of rotatable bonds is 4. The van der Waals surface area contributed by atoms with Crippen LogP contribution in [0.15, 0.2) is 30.5 Å². The third-order valence-electron chi connectivity index (χ3n) is 2.86. The van der Waals surface area contributed by atoms with Crippen LogP contribution in [0.1, 0.15) is 26.0 Å². The molecule has 0 atom stereocenters. The van der Waals surface area contributed by atoms with E-state index in [4.69, 9.17) is 5.11 Å². The van der Waals surface area contributed by atoms with E-state index >= 15 is 0 Å². The molecule has 1 heterocycles. The number of hydrogen-bond donors (Lipinski definition) is 2. The Hall–Kier alpha value is -2.10. The van der Waals surface area contributed by atoms with Gasteiger partial charge in [0.05, 0.1) is 12.1 Å². The largest absolute Gasteiger partial charge is 0.481 e. The predicted octanol–water partition coefficient (Wildman–Crippen LogP) is 2.63. The number of carboxylic acids is 1. The Bertz CT molecular complexity index is 544. The van der Waals surface area contributed by atoms with E-state index in [9.17, 15) is 4.79 Å². The molecule has 18 heavy (non-hydrogen) atoms. The lowest BCUT2D eigenvalue weighted by molar-refractivity contribution is -0.138. The minimum Gasteiger partial charge on any atom is -0.481 e. The Labute approximate surface area is 106 Å². The summed E-state index contributed by atoms with van der Waals surface area (Å²) in [6, 6.07) is 10.4. The molecule has 2 N–H and O–H groups in total. The first-order valence-electron chi connectivity index (χ1n) is 5.73. The van der Waals surface area contributed by atoms with E-state index < -0.39 is 11.4 Å². The topological polar surface area (TPSA) is 66.0 Å². The van der Waals surface area contributed by atoms with Gasteiger partial charge < -0.3 is 10.1 Å². The van der Waals surface area contributed by atoms with Gasteiger partial charge in [-0.2, -0.15) is 0 Å². The van der Waals surface area contributed by atoms with Gasteiger partial charge in [0.25, 0.3) is 0 Å². The minimum absolute atomic E-state index is 0.0554. The number of imidazole rings is 1. The molecule has 0 aliphatic carbocycles. The standard InChI is InChI=1S/C14H15N2O2/c1-14(2,8-12(17)18)11-9-15-13(16-11)10-6-4-3-5-7-10/h4-7,9H,8H2,1-2H3,(H,15,16)(H,17,18). The summed E-state index contributed by atoms with van der Waals surface area (Å²) < 4.78 is 0. The number of H-pyrrole nitrogens is 1. The lowest BCUT2D eigenvalue weighted by atomic mass is 9.86. The van der Waals surface area contributed by atoms with Crippen LogP contribution in [0.4, 0.5) is 0 Å². The summed E-state index contributed by atoms with van der Waals surface area (Å²) >= 11 is 0. The van der Waals surface area contributed by atoms with Crippen molar-refractivity contribution in [3.05, 3.63) is 42.2 Å². The average molecular weight is 243 g/mol. The molecule has 0 amide bonds. The molecule has 0 saturated carbocycles. The van der Waals surface area contributed by atoms with Crippen molar-refractivity contribution >= 4 is 5.97 Å². The van der Waals surface area contributed by atoms with Crippen LogP contribution in [0.5, 0.6) is 0 Å². The van der Waals surface area contributed by atoms with Crippen molar-refractivity contribution in [2.24, 2.45) is 0 Å². The van der Waals surface area contributed by atoms with Gasteiger partial charge in [-0.3, -0.25) is 4.79 Å². The van der Waals surface area contributed by atoms with Crippen molar-refractivity contribution < 1.29 is 9.90 Å². The Morgan fingerprint density at radius 2 is 2.11 bits per heavy atom. The highest BCUT2D eigenvalue weighted by Crippen LogP contribution is 2.27. The zero-order valence-corrected chi connectivity index (χ0v) is 10.4. The van der Waals surface area contributed by atoms with Crippen molar-refractivity contribution in [3.8, 4) is 11.4 Å². The van der Waals surface area contributed by atoms with Crippen LogP contribution < -0.4 is 0 Å². The molecule has 1 aromatic heterocycles. The number of benzene rings is 1. The number of nitrogens with zero attached hydrogens (tertiary/aromatic N) is 1. The number of aromatic nitrogens is 2. The maximum Gasteiger partial charge on any atom is 0.304 e. The quantitative estimate of drug-likeness (QED) is 0.867. The SMILES string of the molecule is CC(C)(CC(=O)O)c1c[nH]c(-c2cc[c]cc2)n1. The van der Waals surface area contributed by atoms with Crippen LogP contribution in [0.2, 0.25) is 0 Å². The highest BCUT2D eigenvalue weighted by Gasteiger charge is 2.26. The van der Waals surface area contributed by atoms with Crippen LogP contribution in [-0.4, -0.2) is 21.0 Å². The lowest BCUT2D eigenvalue weighted by Crippen LogP contribution is -2.22. The molecule has 1 aromatic carbocycles. The van der Waals surface area contributed by atoms with Crippen molar-refractivity contribution in [2.45, 2.75) is 25.7 Å². The first kappa shape index (κ1) is 12.4. The summed E-state index contributed by atoms with van der Waals surface area (Å²) in [5, 5.41) is 8.89. The van der Waals surface area contributed by atoms with E-state index in [1.165, 1.54) is 0 Å². The zero-order valence-electron chi connectivity index (χ0n) is 10.4.